The van der Waals surface area contributed by atoms with E-state index in [0.29, 0.717) is 30.5 Å². The zero-order chi connectivity index (χ0) is 17.1. The highest BCUT2D eigenvalue weighted by molar-refractivity contribution is 5.93. The predicted octanol–water partition coefficient (Wildman–Crippen LogP) is 1.82. The number of aryl methyl sites for hydroxylation is 1. The van der Waals surface area contributed by atoms with Crippen LogP contribution in [0.1, 0.15) is 60.7 Å². The SMILES string of the molecule is CC(C)c1noc([C@H](NC(=O)c2cnn(C)c2)C2CCOCC2)n1. The van der Waals surface area contributed by atoms with E-state index in [1.807, 2.05) is 13.8 Å². The highest BCUT2D eigenvalue weighted by atomic mass is 16.5. The third-order valence-corrected chi connectivity index (χ3v) is 4.23. The van der Waals surface area contributed by atoms with E-state index in [1.54, 1.807) is 24.1 Å². The van der Waals surface area contributed by atoms with E-state index in [1.165, 1.54) is 0 Å². The molecule has 2 aromatic heterocycles. The molecule has 1 N–H and O–H groups in total. The van der Waals surface area contributed by atoms with Crippen molar-refractivity contribution in [2.75, 3.05) is 13.2 Å². The van der Waals surface area contributed by atoms with Crippen molar-refractivity contribution in [3.05, 3.63) is 29.7 Å². The Bertz CT molecular complexity index is 687. The molecule has 130 valence electrons. The summed E-state index contributed by atoms with van der Waals surface area (Å²) in [4.78, 5) is 17.0. The molecule has 0 bridgehead atoms. The van der Waals surface area contributed by atoms with Crippen LogP contribution in [0, 0.1) is 5.92 Å². The summed E-state index contributed by atoms with van der Waals surface area (Å²) in [6, 6.07) is -0.318. The van der Waals surface area contributed by atoms with Gasteiger partial charge in [0, 0.05) is 32.4 Å². The maximum absolute atomic E-state index is 12.5. The molecule has 3 heterocycles. The van der Waals surface area contributed by atoms with Crippen LogP contribution < -0.4 is 5.32 Å². The molecule has 1 amide bonds. The maximum Gasteiger partial charge on any atom is 0.255 e. The van der Waals surface area contributed by atoms with Crippen LogP contribution in [0.3, 0.4) is 0 Å². The van der Waals surface area contributed by atoms with Crippen molar-refractivity contribution >= 4 is 5.91 Å². The molecule has 0 unspecified atom stereocenters. The summed E-state index contributed by atoms with van der Waals surface area (Å²) in [5.41, 5.74) is 0.512. The van der Waals surface area contributed by atoms with Crippen molar-refractivity contribution in [2.45, 2.75) is 38.6 Å². The number of hydrogen-bond acceptors (Lipinski definition) is 6. The Morgan fingerprint density at radius 3 is 2.71 bits per heavy atom. The summed E-state index contributed by atoms with van der Waals surface area (Å²) in [5, 5.41) is 11.1. The van der Waals surface area contributed by atoms with E-state index in [2.05, 4.69) is 20.6 Å². The first-order valence-corrected chi connectivity index (χ1v) is 8.25. The molecule has 8 heteroatoms. The molecule has 1 fully saturated rings. The summed E-state index contributed by atoms with van der Waals surface area (Å²) in [6.07, 6.45) is 4.92. The third-order valence-electron chi connectivity index (χ3n) is 4.23. The van der Waals surface area contributed by atoms with E-state index in [-0.39, 0.29) is 23.8 Å². The average Bonchev–Trinajstić information content (AvgIpc) is 3.22. The largest absolute Gasteiger partial charge is 0.381 e. The van der Waals surface area contributed by atoms with Gasteiger partial charge >= 0.3 is 0 Å². The number of nitrogens with one attached hydrogen (secondary N) is 1. The molecule has 0 radical (unpaired) electrons. The monoisotopic (exact) mass is 333 g/mol. The van der Waals surface area contributed by atoms with Gasteiger partial charge in [0.25, 0.3) is 5.91 Å². The summed E-state index contributed by atoms with van der Waals surface area (Å²) in [5.74, 6) is 1.30. The number of carbonyl (C=O) groups is 1. The standard InChI is InChI=1S/C16H23N5O3/c1-10(2)14-19-16(24-20-14)13(11-4-6-23-7-5-11)18-15(22)12-8-17-21(3)9-12/h8-11,13H,4-7H2,1-3H3,(H,18,22)/t13-/m1/s1. The maximum atomic E-state index is 12.5. The molecule has 0 saturated carbocycles. The van der Waals surface area contributed by atoms with Gasteiger partial charge in [-0.2, -0.15) is 10.1 Å². The highest BCUT2D eigenvalue weighted by Gasteiger charge is 2.32. The number of aromatic nitrogens is 4. The molecule has 1 aliphatic rings. The van der Waals surface area contributed by atoms with Crippen molar-refractivity contribution in [1.82, 2.24) is 25.2 Å². The molecule has 2 aromatic rings. The molecule has 0 aromatic carbocycles. The minimum Gasteiger partial charge on any atom is -0.381 e. The van der Waals surface area contributed by atoms with Crippen LogP contribution >= 0.6 is 0 Å². The van der Waals surface area contributed by atoms with Crippen molar-refractivity contribution < 1.29 is 14.1 Å². The average molecular weight is 333 g/mol. The Labute approximate surface area is 140 Å². The number of carbonyl (C=O) groups excluding carboxylic acids is 1. The van der Waals surface area contributed by atoms with E-state index in [4.69, 9.17) is 9.26 Å². The van der Waals surface area contributed by atoms with Crippen LogP contribution in [-0.4, -0.2) is 39.0 Å². The summed E-state index contributed by atoms with van der Waals surface area (Å²) >= 11 is 0. The van der Waals surface area contributed by atoms with Crippen LogP contribution in [0.4, 0.5) is 0 Å². The highest BCUT2D eigenvalue weighted by Crippen LogP contribution is 2.30. The smallest absolute Gasteiger partial charge is 0.255 e. The van der Waals surface area contributed by atoms with E-state index < -0.39 is 0 Å². The zero-order valence-electron chi connectivity index (χ0n) is 14.2. The Morgan fingerprint density at radius 2 is 2.12 bits per heavy atom. The quantitative estimate of drug-likeness (QED) is 0.897. The van der Waals surface area contributed by atoms with Gasteiger partial charge in [0.2, 0.25) is 5.89 Å². The van der Waals surface area contributed by atoms with Gasteiger partial charge in [-0.1, -0.05) is 19.0 Å². The van der Waals surface area contributed by atoms with Crippen LogP contribution in [0.15, 0.2) is 16.9 Å². The second kappa shape index (κ2) is 7.12. The Balaban J connectivity index is 1.82. The fourth-order valence-corrected chi connectivity index (χ4v) is 2.80. The molecular weight excluding hydrogens is 310 g/mol. The van der Waals surface area contributed by atoms with Gasteiger partial charge in [-0.25, -0.2) is 0 Å². The fraction of sp³-hybridized carbons (Fsp3) is 0.625. The Kier molecular flexibility index (Phi) is 4.94. The van der Waals surface area contributed by atoms with Crippen LogP contribution in [0.5, 0.6) is 0 Å². The number of hydrogen-bond donors (Lipinski definition) is 1. The van der Waals surface area contributed by atoms with Gasteiger partial charge in [0.05, 0.1) is 11.8 Å². The second-order valence-corrected chi connectivity index (χ2v) is 6.45. The lowest BCUT2D eigenvalue weighted by Crippen LogP contribution is -2.36. The lowest BCUT2D eigenvalue weighted by molar-refractivity contribution is 0.0468. The number of ether oxygens (including phenoxy) is 1. The van der Waals surface area contributed by atoms with Crippen LogP contribution in [0.2, 0.25) is 0 Å². The van der Waals surface area contributed by atoms with E-state index in [0.717, 1.165) is 12.8 Å². The van der Waals surface area contributed by atoms with E-state index >= 15 is 0 Å². The summed E-state index contributed by atoms with van der Waals surface area (Å²) in [7, 11) is 1.78. The first-order valence-electron chi connectivity index (χ1n) is 8.25. The first-order chi connectivity index (χ1) is 11.5. The predicted molar refractivity (Wildman–Crippen MR) is 85.3 cm³/mol. The lowest BCUT2D eigenvalue weighted by Gasteiger charge is -2.28. The van der Waals surface area contributed by atoms with Gasteiger partial charge in [-0.3, -0.25) is 9.48 Å². The molecule has 8 nitrogen and oxygen atoms in total. The lowest BCUT2D eigenvalue weighted by atomic mass is 9.91. The van der Waals surface area contributed by atoms with Gasteiger partial charge < -0.3 is 14.6 Å². The summed E-state index contributed by atoms with van der Waals surface area (Å²) < 4.78 is 12.5. The molecular formula is C16H23N5O3. The van der Waals surface area contributed by atoms with Crippen molar-refractivity contribution in [2.24, 2.45) is 13.0 Å². The van der Waals surface area contributed by atoms with Crippen molar-refractivity contribution in [3.8, 4) is 0 Å². The normalized spacial score (nSPS) is 17.2. The number of amides is 1. The molecule has 0 spiro atoms. The van der Waals surface area contributed by atoms with E-state index in [9.17, 15) is 4.79 Å². The fourth-order valence-electron chi connectivity index (χ4n) is 2.80. The van der Waals surface area contributed by atoms with Gasteiger partial charge in [-0.05, 0) is 18.8 Å². The second-order valence-electron chi connectivity index (χ2n) is 6.45. The molecule has 3 rings (SSSR count). The van der Waals surface area contributed by atoms with Gasteiger partial charge in [0.15, 0.2) is 5.82 Å². The molecule has 0 aliphatic carbocycles. The molecule has 1 saturated heterocycles. The van der Waals surface area contributed by atoms with Gasteiger partial charge in [-0.15, -0.1) is 0 Å². The number of nitrogens with zero attached hydrogens (tertiary/aromatic N) is 4. The van der Waals surface area contributed by atoms with Crippen LogP contribution in [-0.2, 0) is 11.8 Å². The minimum absolute atomic E-state index is 0.173. The summed E-state index contributed by atoms with van der Waals surface area (Å²) in [6.45, 7) is 5.36. The Hall–Kier alpha value is -2.22. The molecule has 1 aliphatic heterocycles. The van der Waals surface area contributed by atoms with Crippen molar-refractivity contribution in [1.29, 1.82) is 0 Å². The minimum atomic E-state index is -0.318. The molecule has 1 atom stereocenters. The Morgan fingerprint density at radius 1 is 1.38 bits per heavy atom. The molecule has 24 heavy (non-hydrogen) atoms. The first kappa shape index (κ1) is 16.6. The van der Waals surface area contributed by atoms with Crippen LogP contribution in [0.25, 0.3) is 0 Å². The number of rotatable bonds is 5. The zero-order valence-corrected chi connectivity index (χ0v) is 14.2. The van der Waals surface area contributed by atoms with Crippen molar-refractivity contribution in [3.63, 3.8) is 0 Å². The third kappa shape index (κ3) is 3.64. The topological polar surface area (TPSA) is 95.1 Å². The van der Waals surface area contributed by atoms with Gasteiger partial charge in [0.1, 0.15) is 6.04 Å².